The number of carbonyl (C=O) groups excluding carboxylic acids is 1. The predicted molar refractivity (Wildman–Crippen MR) is 70.5 cm³/mol. The number of esters is 1. The van der Waals surface area contributed by atoms with Crippen LogP contribution < -0.4 is 16.0 Å². The summed E-state index contributed by atoms with van der Waals surface area (Å²) in [6.45, 7) is 0. The van der Waals surface area contributed by atoms with Gasteiger partial charge in [0.05, 0.1) is 6.42 Å². The largest absolute Gasteiger partial charge is 0.388 e. The van der Waals surface area contributed by atoms with Gasteiger partial charge in [-0.1, -0.05) is 0 Å². The molecule has 0 atom stereocenters. The molecular weight excluding hydrogens is 232 g/mol. The van der Waals surface area contributed by atoms with Crippen molar-refractivity contribution in [1.29, 1.82) is 5.26 Å². The van der Waals surface area contributed by atoms with Gasteiger partial charge >= 0.3 is 5.97 Å². The van der Waals surface area contributed by atoms with E-state index in [4.69, 9.17) is 5.26 Å². The lowest BCUT2D eigenvalue weighted by Crippen LogP contribution is -2.10. The number of anilines is 3. The third-order valence-corrected chi connectivity index (χ3v) is 2.56. The Morgan fingerprint density at radius 1 is 1.22 bits per heavy atom. The fourth-order valence-electron chi connectivity index (χ4n) is 1.68. The van der Waals surface area contributed by atoms with Gasteiger partial charge in [-0.05, 0) is 12.1 Å². The summed E-state index contributed by atoms with van der Waals surface area (Å²) in [5.74, 6) is -0.581. The Bertz CT molecular complexity index is 454. The van der Waals surface area contributed by atoms with E-state index >= 15 is 0 Å². The van der Waals surface area contributed by atoms with Crippen LogP contribution in [0.15, 0.2) is 12.1 Å². The Labute approximate surface area is 106 Å². The molecule has 0 aliphatic heterocycles. The molecule has 0 bridgehead atoms. The summed E-state index contributed by atoms with van der Waals surface area (Å²) in [4.78, 5) is 11.4. The van der Waals surface area contributed by atoms with Gasteiger partial charge in [0.2, 0.25) is 0 Å². The first kappa shape index (κ1) is 13.6. The fraction of sp³-hybridized carbons (Fsp3) is 0.333. The maximum absolute atomic E-state index is 11.4. The molecule has 0 radical (unpaired) electrons. The second kappa shape index (κ2) is 6.35. The highest BCUT2D eigenvalue weighted by molar-refractivity contribution is 5.82. The molecule has 0 saturated carbocycles. The molecule has 1 rings (SSSR count). The van der Waals surface area contributed by atoms with Crippen molar-refractivity contribution in [2.24, 2.45) is 0 Å². The number of nitriles is 1. The number of carbonyl (C=O) groups is 1. The van der Waals surface area contributed by atoms with E-state index in [1.807, 2.05) is 19.2 Å². The lowest BCUT2D eigenvalue weighted by Gasteiger charge is -2.15. The third kappa shape index (κ3) is 3.04. The van der Waals surface area contributed by atoms with Crippen molar-refractivity contribution in [3.8, 4) is 6.26 Å². The van der Waals surface area contributed by atoms with Crippen LogP contribution in [0.1, 0.15) is 5.56 Å². The summed E-state index contributed by atoms with van der Waals surface area (Å²) in [5.41, 5.74) is 3.29. The molecule has 18 heavy (non-hydrogen) atoms. The highest BCUT2D eigenvalue weighted by Gasteiger charge is 2.14. The second-order valence-corrected chi connectivity index (χ2v) is 3.54. The van der Waals surface area contributed by atoms with Crippen LogP contribution in [-0.2, 0) is 16.0 Å². The van der Waals surface area contributed by atoms with Crippen LogP contribution in [0.3, 0.4) is 0 Å². The van der Waals surface area contributed by atoms with Gasteiger partial charge in [-0.15, -0.1) is 5.26 Å². The van der Waals surface area contributed by atoms with Crippen molar-refractivity contribution < 1.29 is 9.53 Å². The monoisotopic (exact) mass is 248 g/mol. The minimum Gasteiger partial charge on any atom is -0.388 e. The molecule has 0 heterocycles. The lowest BCUT2D eigenvalue weighted by molar-refractivity contribution is -0.136. The first-order chi connectivity index (χ1) is 8.65. The lowest BCUT2D eigenvalue weighted by atomic mass is 10.1. The first-order valence-corrected chi connectivity index (χ1v) is 5.45. The summed E-state index contributed by atoms with van der Waals surface area (Å²) in [6.07, 6.45) is 1.41. The minimum absolute atomic E-state index is 0.0316. The molecule has 6 heteroatoms. The van der Waals surface area contributed by atoms with Crippen LogP contribution in [0, 0.1) is 11.5 Å². The predicted octanol–water partition coefficient (Wildman–Crippen LogP) is 1.38. The zero-order chi connectivity index (χ0) is 13.5. The van der Waals surface area contributed by atoms with Gasteiger partial charge in [0, 0.05) is 43.8 Å². The van der Waals surface area contributed by atoms with Crippen molar-refractivity contribution in [3.05, 3.63) is 17.7 Å². The van der Waals surface area contributed by atoms with Crippen LogP contribution >= 0.6 is 0 Å². The number of hydrogen-bond acceptors (Lipinski definition) is 6. The summed E-state index contributed by atoms with van der Waals surface area (Å²) < 4.78 is 4.30. The average molecular weight is 248 g/mol. The van der Waals surface area contributed by atoms with Gasteiger partial charge in [0.25, 0.3) is 6.26 Å². The van der Waals surface area contributed by atoms with Gasteiger partial charge < -0.3 is 20.7 Å². The molecule has 96 valence electrons. The molecule has 0 unspecified atom stereocenters. The average Bonchev–Trinajstić information content (AvgIpc) is 2.39. The van der Waals surface area contributed by atoms with Crippen LogP contribution in [0.5, 0.6) is 0 Å². The number of hydrogen-bond donors (Lipinski definition) is 3. The quantitative estimate of drug-likeness (QED) is 0.539. The van der Waals surface area contributed by atoms with Crippen LogP contribution in [0.25, 0.3) is 0 Å². The van der Waals surface area contributed by atoms with Crippen molar-refractivity contribution in [2.45, 2.75) is 6.42 Å². The third-order valence-electron chi connectivity index (χ3n) is 2.56. The van der Waals surface area contributed by atoms with Crippen molar-refractivity contribution in [2.75, 3.05) is 37.1 Å². The zero-order valence-corrected chi connectivity index (χ0v) is 10.6. The maximum atomic E-state index is 11.4. The van der Waals surface area contributed by atoms with E-state index < -0.39 is 5.97 Å². The van der Waals surface area contributed by atoms with Crippen LogP contribution in [-0.4, -0.2) is 27.1 Å². The molecule has 0 fully saturated rings. The number of ether oxygens (including phenoxy) is 1. The molecular formula is C12H16N4O2. The van der Waals surface area contributed by atoms with Gasteiger partial charge in [-0.25, -0.2) is 0 Å². The summed E-state index contributed by atoms with van der Waals surface area (Å²) in [7, 11) is 5.36. The van der Waals surface area contributed by atoms with E-state index in [9.17, 15) is 4.79 Å². The molecule has 0 aromatic heterocycles. The molecule has 0 aliphatic rings. The molecule has 0 aliphatic carbocycles. The number of benzene rings is 1. The fourth-order valence-corrected chi connectivity index (χ4v) is 1.68. The van der Waals surface area contributed by atoms with Crippen molar-refractivity contribution in [1.82, 2.24) is 0 Å². The van der Waals surface area contributed by atoms with E-state index in [1.165, 1.54) is 6.26 Å². The molecule has 1 aromatic carbocycles. The van der Waals surface area contributed by atoms with Gasteiger partial charge in [0.1, 0.15) is 0 Å². The summed E-state index contributed by atoms with van der Waals surface area (Å²) >= 11 is 0. The Balaban J connectivity index is 3.15. The summed E-state index contributed by atoms with van der Waals surface area (Å²) in [6, 6.07) is 3.77. The van der Waals surface area contributed by atoms with Crippen LogP contribution in [0.4, 0.5) is 17.1 Å². The molecule has 0 saturated heterocycles. The van der Waals surface area contributed by atoms with Gasteiger partial charge in [0.15, 0.2) is 0 Å². The molecule has 3 N–H and O–H groups in total. The Morgan fingerprint density at radius 2 is 1.78 bits per heavy atom. The number of nitrogens with one attached hydrogen (secondary N) is 3. The Kier molecular flexibility index (Phi) is 4.81. The van der Waals surface area contributed by atoms with Crippen molar-refractivity contribution >= 4 is 23.0 Å². The number of rotatable bonds is 5. The first-order valence-electron chi connectivity index (χ1n) is 5.45. The van der Waals surface area contributed by atoms with E-state index in [0.29, 0.717) is 0 Å². The Hall–Kier alpha value is -2.42. The Morgan fingerprint density at radius 3 is 2.17 bits per heavy atom. The topological polar surface area (TPSA) is 86.2 Å². The van der Waals surface area contributed by atoms with Crippen LogP contribution in [0.2, 0.25) is 0 Å². The van der Waals surface area contributed by atoms with E-state index in [0.717, 1.165) is 22.6 Å². The van der Waals surface area contributed by atoms with E-state index in [2.05, 4.69) is 20.7 Å². The summed E-state index contributed by atoms with van der Waals surface area (Å²) in [5, 5.41) is 17.4. The molecule has 1 aromatic rings. The van der Waals surface area contributed by atoms with E-state index in [1.54, 1.807) is 14.1 Å². The highest BCUT2D eigenvalue weighted by Crippen LogP contribution is 2.29. The SMILES string of the molecule is CNc1cc(NC)c(CC(=O)OC#N)c(NC)c1. The smallest absolute Gasteiger partial charge is 0.326 e. The molecule has 0 spiro atoms. The minimum atomic E-state index is -0.581. The standard InChI is InChI=1S/C12H16N4O2/c1-14-8-4-10(15-2)9(11(5-8)16-3)6-12(17)18-7-13/h4-5,14-16H,6H2,1-3H3. The second-order valence-electron chi connectivity index (χ2n) is 3.54. The molecule has 6 nitrogen and oxygen atoms in total. The van der Waals surface area contributed by atoms with Gasteiger partial charge in [-0.2, -0.15) is 0 Å². The normalized spacial score (nSPS) is 9.22. The molecule has 0 amide bonds. The van der Waals surface area contributed by atoms with Gasteiger partial charge in [-0.3, -0.25) is 4.79 Å². The number of nitrogens with zero attached hydrogens (tertiary/aromatic N) is 1. The zero-order valence-electron chi connectivity index (χ0n) is 10.6. The van der Waals surface area contributed by atoms with Crippen molar-refractivity contribution in [3.63, 3.8) is 0 Å². The maximum Gasteiger partial charge on any atom is 0.326 e. The van der Waals surface area contributed by atoms with E-state index in [-0.39, 0.29) is 6.42 Å². The highest BCUT2D eigenvalue weighted by atomic mass is 16.5.